The van der Waals surface area contributed by atoms with E-state index in [9.17, 15) is 0 Å². The summed E-state index contributed by atoms with van der Waals surface area (Å²) in [6.07, 6.45) is 0.853. The summed E-state index contributed by atoms with van der Waals surface area (Å²) in [7, 11) is 0. The second-order valence-electron chi connectivity index (χ2n) is 5.18. The first-order valence-corrected chi connectivity index (χ1v) is 8.29. The van der Waals surface area contributed by atoms with Gasteiger partial charge in [0.2, 0.25) is 0 Å². The molecule has 0 saturated heterocycles. The zero-order valence-corrected chi connectivity index (χ0v) is 14.9. The normalized spacial score (nSPS) is 12.4. The molecular weight excluding hydrogens is 348 g/mol. The van der Waals surface area contributed by atoms with Crippen molar-refractivity contribution in [3.63, 3.8) is 0 Å². The molecule has 1 aromatic heterocycles. The molecule has 1 aromatic carbocycles. The second kappa shape index (κ2) is 7.39. The van der Waals surface area contributed by atoms with Crippen LogP contribution in [0.3, 0.4) is 0 Å². The maximum Gasteiger partial charge on any atom is 0.0449 e. The molecule has 4 heteroatoms. The monoisotopic (exact) mass is 366 g/mol. The van der Waals surface area contributed by atoms with Crippen molar-refractivity contribution < 1.29 is 0 Å². The summed E-state index contributed by atoms with van der Waals surface area (Å²) < 4.78 is 1.00. The Bertz CT molecular complexity index is 628. The van der Waals surface area contributed by atoms with Crippen LogP contribution in [0.4, 0.5) is 0 Å². The molecule has 1 unspecified atom stereocenters. The van der Waals surface area contributed by atoms with Crippen molar-refractivity contribution >= 4 is 27.5 Å². The molecule has 2 rings (SSSR count). The van der Waals surface area contributed by atoms with Gasteiger partial charge in [0.1, 0.15) is 0 Å². The fourth-order valence-corrected chi connectivity index (χ4v) is 3.26. The number of pyridine rings is 1. The van der Waals surface area contributed by atoms with Gasteiger partial charge in [0, 0.05) is 26.9 Å². The van der Waals surface area contributed by atoms with Crippen molar-refractivity contribution in [2.24, 2.45) is 0 Å². The summed E-state index contributed by atoms with van der Waals surface area (Å²) in [5, 5.41) is 4.34. The Morgan fingerprint density at radius 3 is 2.62 bits per heavy atom. The molecule has 21 heavy (non-hydrogen) atoms. The van der Waals surface area contributed by atoms with Crippen molar-refractivity contribution in [1.29, 1.82) is 0 Å². The van der Waals surface area contributed by atoms with Crippen LogP contribution in [0, 0.1) is 13.8 Å². The summed E-state index contributed by atoms with van der Waals surface area (Å²) in [6.45, 7) is 7.11. The number of hydrogen-bond donors (Lipinski definition) is 1. The van der Waals surface area contributed by atoms with E-state index in [1.54, 1.807) is 0 Å². The lowest BCUT2D eigenvalue weighted by molar-refractivity contribution is 0.545. The second-order valence-corrected chi connectivity index (χ2v) is 6.50. The van der Waals surface area contributed by atoms with Crippen molar-refractivity contribution in [3.8, 4) is 0 Å². The van der Waals surface area contributed by atoms with Gasteiger partial charge in [0.05, 0.1) is 0 Å². The van der Waals surface area contributed by atoms with Crippen LogP contribution >= 0.6 is 27.5 Å². The average Bonchev–Trinajstić information content (AvgIpc) is 2.41. The third-order valence-corrected chi connectivity index (χ3v) is 4.38. The lowest BCUT2D eigenvalue weighted by atomic mass is 9.97. The zero-order valence-electron chi connectivity index (χ0n) is 12.6. The maximum atomic E-state index is 6.35. The highest BCUT2D eigenvalue weighted by atomic mass is 79.9. The SMILES string of the molecule is CCNC(Cc1ccc(Br)cc1Cl)c1ccc(C)nc1C. The van der Waals surface area contributed by atoms with Gasteiger partial charge in [-0.3, -0.25) is 4.98 Å². The molecule has 1 N–H and O–H groups in total. The Labute approximate surface area is 140 Å². The van der Waals surface area contributed by atoms with Crippen LogP contribution in [0.1, 0.15) is 35.5 Å². The van der Waals surface area contributed by atoms with Crippen molar-refractivity contribution in [2.75, 3.05) is 6.54 Å². The van der Waals surface area contributed by atoms with E-state index in [-0.39, 0.29) is 6.04 Å². The number of likely N-dealkylation sites (N-methyl/N-ethyl adjacent to an activating group) is 1. The number of benzene rings is 1. The quantitative estimate of drug-likeness (QED) is 0.803. The molecule has 0 saturated carbocycles. The van der Waals surface area contributed by atoms with E-state index in [0.29, 0.717) is 0 Å². The van der Waals surface area contributed by atoms with Gasteiger partial charge >= 0.3 is 0 Å². The van der Waals surface area contributed by atoms with Gasteiger partial charge in [0.25, 0.3) is 0 Å². The van der Waals surface area contributed by atoms with E-state index in [2.05, 4.69) is 58.3 Å². The number of halogens is 2. The minimum Gasteiger partial charge on any atom is -0.310 e. The number of nitrogens with zero attached hydrogens (tertiary/aromatic N) is 1. The molecule has 0 fully saturated rings. The first-order chi connectivity index (χ1) is 10.0. The van der Waals surface area contributed by atoms with Gasteiger partial charge < -0.3 is 5.32 Å². The molecule has 2 aromatic rings. The van der Waals surface area contributed by atoms with E-state index in [4.69, 9.17) is 11.6 Å². The van der Waals surface area contributed by atoms with E-state index in [0.717, 1.165) is 39.4 Å². The maximum absolute atomic E-state index is 6.35. The van der Waals surface area contributed by atoms with Crippen molar-refractivity contribution in [1.82, 2.24) is 10.3 Å². The highest BCUT2D eigenvalue weighted by molar-refractivity contribution is 9.10. The highest BCUT2D eigenvalue weighted by Gasteiger charge is 2.16. The molecule has 0 bridgehead atoms. The Hall–Kier alpha value is -0.900. The van der Waals surface area contributed by atoms with Gasteiger partial charge in [-0.2, -0.15) is 0 Å². The average molecular weight is 368 g/mol. The van der Waals surface area contributed by atoms with Crippen molar-refractivity contribution in [3.05, 3.63) is 62.3 Å². The lowest BCUT2D eigenvalue weighted by Crippen LogP contribution is -2.24. The Balaban J connectivity index is 2.30. The summed E-state index contributed by atoms with van der Waals surface area (Å²) in [4.78, 5) is 4.57. The minimum atomic E-state index is 0.224. The number of hydrogen-bond acceptors (Lipinski definition) is 2. The molecule has 0 radical (unpaired) electrons. The lowest BCUT2D eigenvalue weighted by Gasteiger charge is -2.21. The highest BCUT2D eigenvalue weighted by Crippen LogP contribution is 2.27. The van der Waals surface area contributed by atoms with Crippen molar-refractivity contribution in [2.45, 2.75) is 33.2 Å². The summed E-state index contributed by atoms with van der Waals surface area (Å²) in [5.41, 5.74) is 4.51. The van der Waals surface area contributed by atoms with E-state index < -0.39 is 0 Å². The van der Waals surface area contributed by atoms with Crippen LogP contribution in [0.2, 0.25) is 5.02 Å². The van der Waals surface area contributed by atoms with Crippen LogP contribution in [0.25, 0.3) is 0 Å². The first-order valence-electron chi connectivity index (χ1n) is 7.12. The van der Waals surface area contributed by atoms with Gasteiger partial charge in [-0.1, -0.05) is 46.6 Å². The standard InChI is InChI=1S/C17H20BrClN2/c1-4-20-17(15-8-5-11(2)21-12(15)3)9-13-6-7-14(18)10-16(13)19/h5-8,10,17,20H,4,9H2,1-3H3. The van der Waals surface area contributed by atoms with Crippen LogP contribution in [-0.2, 0) is 6.42 Å². The van der Waals surface area contributed by atoms with Gasteiger partial charge in [-0.15, -0.1) is 0 Å². The van der Waals surface area contributed by atoms with E-state index >= 15 is 0 Å². The molecule has 0 spiro atoms. The largest absolute Gasteiger partial charge is 0.310 e. The summed E-state index contributed by atoms with van der Waals surface area (Å²) in [5.74, 6) is 0. The third-order valence-electron chi connectivity index (χ3n) is 3.53. The van der Waals surface area contributed by atoms with Gasteiger partial charge in [0.15, 0.2) is 0 Å². The molecule has 1 atom stereocenters. The van der Waals surface area contributed by atoms with Crippen LogP contribution < -0.4 is 5.32 Å². The van der Waals surface area contributed by atoms with E-state index in [1.807, 2.05) is 19.1 Å². The molecule has 0 aliphatic heterocycles. The Morgan fingerprint density at radius 1 is 1.24 bits per heavy atom. The minimum absolute atomic E-state index is 0.224. The Morgan fingerprint density at radius 2 is 2.00 bits per heavy atom. The molecule has 0 amide bonds. The van der Waals surface area contributed by atoms with Gasteiger partial charge in [-0.05, 0) is 56.1 Å². The summed E-state index contributed by atoms with van der Waals surface area (Å²) >= 11 is 9.80. The number of aryl methyl sites for hydroxylation is 2. The van der Waals surface area contributed by atoms with Gasteiger partial charge in [-0.25, -0.2) is 0 Å². The molecule has 112 valence electrons. The number of rotatable bonds is 5. The fraction of sp³-hybridized carbons (Fsp3) is 0.353. The number of nitrogens with one attached hydrogen (secondary N) is 1. The predicted octanol–water partition coefficient (Wildman–Crippen LogP) is 5.01. The topological polar surface area (TPSA) is 24.9 Å². The molecule has 0 aliphatic carbocycles. The predicted molar refractivity (Wildman–Crippen MR) is 93.0 cm³/mol. The van der Waals surface area contributed by atoms with Crippen LogP contribution in [-0.4, -0.2) is 11.5 Å². The third kappa shape index (κ3) is 4.29. The first kappa shape index (κ1) is 16.5. The molecule has 2 nitrogen and oxygen atoms in total. The molecule has 0 aliphatic rings. The fourth-order valence-electron chi connectivity index (χ4n) is 2.51. The smallest absolute Gasteiger partial charge is 0.0449 e. The van der Waals surface area contributed by atoms with E-state index in [1.165, 1.54) is 5.56 Å². The number of aromatic nitrogens is 1. The summed E-state index contributed by atoms with van der Waals surface area (Å²) in [6, 6.07) is 10.5. The molecule has 1 heterocycles. The Kier molecular flexibility index (Phi) is 5.80. The van der Waals surface area contributed by atoms with Crippen LogP contribution in [0.15, 0.2) is 34.8 Å². The molecular formula is C17H20BrClN2. The zero-order chi connectivity index (χ0) is 15.4. The van der Waals surface area contributed by atoms with Crippen LogP contribution in [0.5, 0.6) is 0 Å².